The van der Waals surface area contributed by atoms with Crippen LogP contribution >= 0.6 is 0 Å². The fraction of sp³-hybridized carbons (Fsp3) is 0.273. The first kappa shape index (κ1) is 20.2. The van der Waals surface area contributed by atoms with Gasteiger partial charge in [0, 0.05) is 18.7 Å². The third-order valence-electron chi connectivity index (χ3n) is 3.72. The van der Waals surface area contributed by atoms with Gasteiger partial charge >= 0.3 is 0 Å². The maximum Gasteiger partial charge on any atom is 0.272 e. The molecule has 0 aromatic heterocycles. The van der Waals surface area contributed by atoms with Crippen LogP contribution < -0.4 is 15.4 Å². The van der Waals surface area contributed by atoms with E-state index in [4.69, 9.17) is 4.74 Å². The lowest BCUT2D eigenvalue weighted by molar-refractivity contribution is -0.120. The number of rotatable bonds is 8. The van der Waals surface area contributed by atoms with Crippen LogP contribution in [-0.2, 0) is 9.59 Å². The Labute approximate surface area is 160 Å². The third kappa shape index (κ3) is 7.36. The van der Waals surface area contributed by atoms with Gasteiger partial charge in [-0.2, -0.15) is 0 Å². The number of ether oxygens (including phenoxy) is 1. The smallest absolute Gasteiger partial charge is 0.272 e. The van der Waals surface area contributed by atoms with Gasteiger partial charge in [-0.1, -0.05) is 50.2 Å². The van der Waals surface area contributed by atoms with E-state index in [1.165, 1.54) is 6.92 Å². The maximum atomic E-state index is 12.6. The molecule has 2 rings (SSSR count). The first-order chi connectivity index (χ1) is 12.9. The highest BCUT2D eigenvalue weighted by Crippen LogP contribution is 2.19. The number of benzene rings is 2. The summed E-state index contributed by atoms with van der Waals surface area (Å²) in [7, 11) is 0. The van der Waals surface area contributed by atoms with Crippen molar-refractivity contribution in [2.24, 2.45) is 5.92 Å². The second-order valence-electron chi connectivity index (χ2n) is 6.66. The Morgan fingerprint density at radius 3 is 2.48 bits per heavy atom. The van der Waals surface area contributed by atoms with E-state index in [1.54, 1.807) is 18.2 Å². The molecule has 2 N–H and O–H groups in total. The molecule has 0 radical (unpaired) electrons. The summed E-state index contributed by atoms with van der Waals surface area (Å²) in [6.07, 6.45) is 2.60. The molecule has 2 amide bonds. The fourth-order valence-corrected chi connectivity index (χ4v) is 2.34. The van der Waals surface area contributed by atoms with Crippen LogP contribution in [0.1, 0.15) is 32.8 Å². The summed E-state index contributed by atoms with van der Waals surface area (Å²) in [4.78, 5) is 24.1. The predicted molar refractivity (Wildman–Crippen MR) is 108 cm³/mol. The first-order valence-electron chi connectivity index (χ1n) is 9.02. The Balaban J connectivity index is 2.10. The van der Waals surface area contributed by atoms with Gasteiger partial charge in [-0.15, -0.1) is 0 Å². The lowest BCUT2D eigenvalue weighted by atomic mass is 10.1. The van der Waals surface area contributed by atoms with Crippen molar-refractivity contribution in [1.29, 1.82) is 0 Å². The second kappa shape index (κ2) is 10.2. The summed E-state index contributed by atoms with van der Waals surface area (Å²) in [6.45, 7) is 6.28. The lowest BCUT2D eigenvalue weighted by Gasteiger charge is -2.12. The average molecular weight is 366 g/mol. The number of hydrogen-bond acceptors (Lipinski definition) is 3. The van der Waals surface area contributed by atoms with Gasteiger partial charge in [0.25, 0.3) is 5.91 Å². The van der Waals surface area contributed by atoms with Gasteiger partial charge in [0.2, 0.25) is 5.91 Å². The number of carbonyl (C=O) groups excluding carboxylic acids is 2. The summed E-state index contributed by atoms with van der Waals surface area (Å²) in [5, 5.41) is 5.39. The molecule has 2 aromatic carbocycles. The van der Waals surface area contributed by atoms with Crippen molar-refractivity contribution < 1.29 is 14.3 Å². The molecule has 5 nitrogen and oxygen atoms in total. The molecule has 0 atom stereocenters. The predicted octanol–water partition coefficient (Wildman–Crippen LogP) is 4.23. The summed E-state index contributed by atoms with van der Waals surface area (Å²) in [6, 6.07) is 16.6. The molecule has 0 saturated heterocycles. The molecule has 0 aliphatic rings. The Kier molecular flexibility index (Phi) is 7.62. The lowest BCUT2D eigenvalue weighted by Crippen LogP contribution is -2.28. The van der Waals surface area contributed by atoms with Crippen molar-refractivity contribution in [3.8, 4) is 5.75 Å². The van der Waals surface area contributed by atoms with E-state index in [9.17, 15) is 9.59 Å². The summed E-state index contributed by atoms with van der Waals surface area (Å²) in [5.74, 6) is 0.560. The highest BCUT2D eigenvalue weighted by atomic mass is 16.5. The molecule has 142 valence electrons. The van der Waals surface area contributed by atoms with Crippen LogP contribution in [0.2, 0.25) is 0 Å². The molecule has 2 aromatic rings. The van der Waals surface area contributed by atoms with E-state index >= 15 is 0 Å². The van der Waals surface area contributed by atoms with Gasteiger partial charge in [0.1, 0.15) is 11.4 Å². The van der Waals surface area contributed by atoms with Crippen molar-refractivity contribution in [2.45, 2.75) is 27.2 Å². The van der Waals surface area contributed by atoms with Crippen LogP contribution in [0.15, 0.2) is 60.3 Å². The summed E-state index contributed by atoms with van der Waals surface area (Å²) < 4.78 is 5.72. The number of hydrogen-bond donors (Lipinski definition) is 2. The van der Waals surface area contributed by atoms with Crippen LogP contribution in [-0.4, -0.2) is 18.4 Å². The first-order valence-corrected chi connectivity index (χ1v) is 9.02. The maximum absolute atomic E-state index is 12.6. The van der Waals surface area contributed by atoms with Crippen LogP contribution in [0.3, 0.4) is 0 Å². The second-order valence-corrected chi connectivity index (χ2v) is 6.66. The molecular formula is C22H26N2O3. The third-order valence-corrected chi connectivity index (χ3v) is 3.72. The molecular weight excluding hydrogens is 340 g/mol. The molecule has 0 saturated carbocycles. The largest absolute Gasteiger partial charge is 0.494 e. The zero-order chi connectivity index (χ0) is 19.6. The average Bonchev–Trinajstić information content (AvgIpc) is 2.61. The topological polar surface area (TPSA) is 67.4 Å². The van der Waals surface area contributed by atoms with Crippen molar-refractivity contribution in [2.75, 3.05) is 11.9 Å². The zero-order valence-electron chi connectivity index (χ0n) is 16.0. The number of nitrogens with one attached hydrogen (secondary N) is 2. The Hall–Kier alpha value is -3.08. The van der Waals surface area contributed by atoms with Crippen molar-refractivity contribution >= 4 is 23.6 Å². The molecule has 0 spiro atoms. The highest BCUT2D eigenvalue weighted by Gasteiger charge is 2.12. The Bertz CT molecular complexity index is 798. The van der Waals surface area contributed by atoms with Gasteiger partial charge in [-0.05, 0) is 36.1 Å². The summed E-state index contributed by atoms with van der Waals surface area (Å²) in [5.41, 5.74) is 1.60. The normalized spacial score (nSPS) is 11.2. The molecule has 0 heterocycles. The van der Waals surface area contributed by atoms with Gasteiger partial charge in [-0.3, -0.25) is 9.59 Å². The summed E-state index contributed by atoms with van der Waals surface area (Å²) >= 11 is 0. The van der Waals surface area contributed by atoms with E-state index in [0.29, 0.717) is 24.0 Å². The van der Waals surface area contributed by atoms with E-state index in [2.05, 4.69) is 24.5 Å². The van der Waals surface area contributed by atoms with E-state index in [0.717, 1.165) is 12.0 Å². The van der Waals surface area contributed by atoms with Crippen LogP contribution in [0.5, 0.6) is 5.75 Å². The van der Waals surface area contributed by atoms with E-state index in [1.807, 2.05) is 42.5 Å². The highest BCUT2D eigenvalue weighted by molar-refractivity contribution is 6.08. The molecule has 5 heteroatoms. The standard InChI is InChI=1S/C22H26N2O3/c1-16(2)12-13-27-20-11-7-10-19(15-20)24-22(26)21(23-17(3)25)14-18-8-5-4-6-9-18/h4-11,14-16H,12-13H2,1-3H3,(H,23,25)(H,24,26)/b21-14+. The number of carbonyl (C=O) groups is 2. The van der Waals surface area contributed by atoms with Gasteiger partial charge in [0.15, 0.2) is 0 Å². The van der Waals surface area contributed by atoms with Gasteiger partial charge in [0.05, 0.1) is 6.61 Å². The van der Waals surface area contributed by atoms with Crippen LogP contribution in [0.4, 0.5) is 5.69 Å². The number of anilines is 1. The van der Waals surface area contributed by atoms with E-state index in [-0.39, 0.29) is 11.6 Å². The van der Waals surface area contributed by atoms with Crippen LogP contribution in [0, 0.1) is 5.92 Å². The van der Waals surface area contributed by atoms with Crippen LogP contribution in [0.25, 0.3) is 6.08 Å². The Morgan fingerprint density at radius 2 is 1.81 bits per heavy atom. The number of amides is 2. The monoisotopic (exact) mass is 366 g/mol. The minimum absolute atomic E-state index is 0.180. The van der Waals surface area contributed by atoms with Crippen molar-refractivity contribution in [1.82, 2.24) is 5.32 Å². The molecule has 0 aliphatic heterocycles. The Morgan fingerprint density at radius 1 is 1.07 bits per heavy atom. The fourth-order valence-electron chi connectivity index (χ4n) is 2.34. The molecule has 27 heavy (non-hydrogen) atoms. The van der Waals surface area contributed by atoms with Crippen molar-refractivity contribution in [3.63, 3.8) is 0 Å². The minimum atomic E-state index is -0.395. The molecule has 0 aliphatic carbocycles. The zero-order valence-corrected chi connectivity index (χ0v) is 16.0. The SMILES string of the molecule is CC(=O)N/C(=C/c1ccccc1)C(=O)Nc1cccc(OCCC(C)C)c1. The quantitative estimate of drug-likeness (QED) is 0.687. The van der Waals surface area contributed by atoms with Gasteiger partial charge in [-0.25, -0.2) is 0 Å². The minimum Gasteiger partial charge on any atom is -0.494 e. The van der Waals surface area contributed by atoms with Gasteiger partial charge < -0.3 is 15.4 Å². The molecule has 0 unspecified atom stereocenters. The van der Waals surface area contributed by atoms with E-state index < -0.39 is 5.91 Å². The molecule has 0 bridgehead atoms. The molecule has 0 fully saturated rings. The van der Waals surface area contributed by atoms with Crippen molar-refractivity contribution in [3.05, 3.63) is 65.9 Å².